The first kappa shape index (κ1) is 19.6. The topological polar surface area (TPSA) is 134 Å². The van der Waals surface area contributed by atoms with Crippen LogP contribution >= 0.6 is 0 Å². The first-order valence-corrected chi connectivity index (χ1v) is 7.01. The number of hydrogen-bond donors (Lipinski definition) is 4. The number of esters is 1. The Kier molecular flexibility index (Phi) is 7.83. The van der Waals surface area contributed by atoms with Gasteiger partial charge in [0.25, 0.3) is 5.91 Å². The van der Waals surface area contributed by atoms with Crippen molar-refractivity contribution < 1.29 is 34.1 Å². The van der Waals surface area contributed by atoms with Crippen LogP contribution in [0.1, 0.15) is 20.7 Å². The van der Waals surface area contributed by atoms with Gasteiger partial charge < -0.3 is 30.3 Å². The third-order valence-electron chi connectivity index (χ3n) is 2.94. The summed E-state index contributed by atoms with van der Waals surface area (Å²) >= 11 is 0. The van der Waals surface area contributed by atoms with Gasteiger partial charge in [-0.05, 0) is 18.2 Å². The summed E-state index contributed by atoms with van der Waals surface area (Å²) in [7, 11) is 2.53. The van der Waals surface area contributed by atoms with Crippen LogP contribution in [-0.4, -0.2) is 68.1 Å². The van der Waals surface area contributed by atoms with Gasteiger partial charge in [-0.3, -0.25) is 9.59 Å². The maximum absolute atomic E-state index is 12.1. The molecule has 0 saturated heterocycles. The zero-order valence-electron chi connectivity index (χ0n) is 13.4. The molecule has 0 saturated carbocycles. The number of amides is 2. The van der Waals surface area contributed by atoms with Crippen LogP contribution in [0.5, 0.6) is 0 Å². The lowest BCUT2D eigenvalue weighted by atomic mass is 10.1. The fourth-order valence-corrected chi connectivity index (χ4v) is 1.80. The normalized spacial score (nSPS) is 11.5. The van der Waals surface area contributed by atoms with Crippen LogP contribution < -0.4 is 10.6 Å². The molecule has 9 nitrogen and oxygen atoms in total. The summed E-state index contributed by atoms with van der Waals surface area (Å²) in [6.07, 6.45) is -1.11. The van der Waals surface area contributed by atoms with Crippen molar-refractivity contribution in [3.63, 3.8) is 0 Å². The Balaban J connectivity index is 3.00. The third-order valence-corrected chi connectivity index (χ3v) is 2.94. The molecular weight excluding hydrogens is 320 g/mol. The van der Waals surface area contributed by atoms with Gasteiger partial charge in [-0.25, -0.2) is 4.79 Å². The number of methoxy groups -OCH3 is 2. The van der Waals surface area contributed by atoms with E-state index in [0.717, 1.165) is 7.11 Å². The highest BCUT2D eigenvalue weighted by molar-refractivity contribution is 6.06. The van der Waals surface area contributed by atoms with Crippen LogP contribution in [0.4, 0.5) is 5.69 Å². The maximum atomic E-state index is 12.1. The molecule has 0 aromatic heterocycles. The third kappa shape index (κ3) is 5.61. The maximum Gasteiger partial charge on any atom is 0.338 e. The van der Waals surface area contributed by atoms with Gasteiger partial charge >= 0.3 is 5.97 Å². The van der Waals surface area contributed by atoms with Crippen molar-refractivity contribution in [2.24, 2.45) is 0 Å². The van der Waals surface area contributed by atoms with Gasteiger partial charge in [0.2, 0.25) is 5.91 Å². The number of carbonyl (C=O) groups is 3. The van der Waals surface area contributed by atoms with Crippen LogP contribution in [0.2, 0.25) is 0 Å². The van der Waals surface area contributed by atoms with E-state index in [4.69, 9.17) is 5.11 Å². The van der Waals surface area contributed by atoms with E-state index in [-0.39, 0.29) is 24.3 Å². The van der Waals surface area contributed by atoms with E-state index >= 15 is 0 Å². The van der Waals surface area contributed by atoms with E-state index in [0.29, 0.717) is 5.69 Å². The Bertz CT molecular complexity index is 603. The van der Waals surface area contributed by atoms with E-state index in [9.17, 15) is 19.5 Å². The average Bonchev–Trinajstić information content (AvgIpc) is 2.58. The minimum absolute atomic E-state index is 0.0109. The molecule has 1 atom stereocenters. The van der Waals surface area contributed by atoms with Gasteiger partial charge in [0.05, 0.1) is 30.9 Å². The molecule has 0 fully saturated rings. The predicted molar refractivity (Wildman–Crippen MR) is 83.7 cm³/mol. The molecule has 4 N–H and O–H groups in total. The average molecular weight is 340 g/mol. The molecule has 1 unspecified atom stereocenters. The van der Waals surface area contributed by atoms with E-state index in [1.54, 1.807) is 0 Å². The van der Waals surface area contributed by atoms with Crippen molar-refractivity contribution in [2.45, 2.75) is 6.10 Å². The van der Waals surface area contributed by atoms with Crippen molar-refractivity contribution in [2.75, 3.05) is 39.3 Å². The number of carbonyl (C=O) groups excluding carboxylic acids is 3. The number of benzene rings is 1. The molecule has 2 amide bonds. The Morgan fingerprint density at radius 3 is 2.50 bits per heavy atom. The lowest BCUT2D eigenvalue weighted by molar-refractivity contribution is -0.119. The van der Waals surface area contributed by atoms with E-state index in [2.05, 4.69) is 20.1 Å². The SMILES string of the molecule is COCC(=O)Nc1ccc(C(=O)NCC(O)CO)c(C(=O)OC)c1. The van der Waals surface area contributed by atoms with Gasteiger partial charge in [0.15, 0.2) is 0 Å². The summed E-state index contributed by atoms with van der Waals surface area (Å²) in [5.74, 6) is -1.81. The van der Waals surface area contributed by atoms with Gasteiger partial charge in [-0.1, -0.05) is 0 Å². The standard InChI is InChI=1S/C15H20N2O7/c1-23-8-13(20)17-9-3-4-11(12(5-9)15(22)24-2)14(21)16-6-10(19)7-18/h3-5,10,18-19H,6-8H2,1-2H3,(H,16,21)(H,17,20). The van der Waals surface area contributed by atoms with Gasteiger partial charge in [0.1, 0.15) is 6.61 Å². The van der Waals surface area contributed by atoms with Gasteiger partial charge in [-0.15, -0.1) is 0 Å². The van der Waals surface area contributed by atoms with E-state index < -0.39 is 30.5 Å². The van der Waals surface area contributed by atoms with Crippen LogP contribution in [0.25, 0.3) is 0 Å². The summed E-state index contributed by atoms with van der Waals surface area (Å²) in [6, 6.07) is 4.09. The largest absolute Gasteiger partial charge is 0.465 e. The van der Waals surface area contributed by atoms with Crippen molar-refractivity contribution in [3.8, 4) is 0 Å². The van der Waals surface area contributed by atoms with Crippen LogP contribution in [0.15, 0.2) is 18.2 Å². The van der Waals surface area contributed by atoms with Crippen LogP contribution in [0.3, 0.4) is 0 Å². The highest BCUT2D eigenvalue weighted by atomic mass is 16.5. The van der Waals surface area contributed by atoms with E-state index in [1.807, 2.05) is 0 Å². The number of hydrogen-bond acceptors (Lipinski definition) is 7. The first-order chi connectivity index (χ1) is 11.4. The zero-order chi connectivity index (χ0) is 18.1. The van der Waals surface area contributed by atoms with Crippen LogP contribution in [0, 0.1) is 0 Å². The minimum atomic E-state index is -1.11. The highest BCUT2D eigenvalue weighted by Gasteiger charge is 2.19. The summed E-state index contributed by atoms with van der Waals surface area (Å²) in [5.41, 5.74) is 0.254. The molecule has 0 aliphatic rings. The molecule has 0 spiro atoms. The molecule has 0 radical (unpaired) electrons. The molecule has 1 aromatic carbocycles. The van der Waals surface area contributed by atoms with Gasteiger partial charge in [0, 0.05) is 19.3 Å². The second kappa shape index (κ2) is 9.60. The van der Waals surface area contributed by atoms with Crippen molar-refractivity contribution in [1.29, 1.82) is 0 Å². The molecule has 0 aliphatic carbocycles. The molecule has 0 heterocycles. The van der Waals surface area contributed by atoms with Gasteiger partial charge in [-0.2, -0.15) is 0 Å². The van der Waals surface area contributed by atoms with Crippen molar-refractivity contribution in [1.82, 2.24) is 5.32 Å². The Labute approximate surface area is 138 Å². The number of anilines is 1. The molecule has 0 bridgehead atoms. The number of ether oxygens (including phenoxy) is 2. The number of nitrogens with one attached hydrogen (secondary N) is 2. The summed E-state index contributed by atoms with van der Waals surface area (Å²) < 4.78 is 9.33. The fourth-order valence-electron chi connectivity index (χ4n) is 1.80. The smallest absolute Gasteiger partial charge is 0.338 e. The fraction of sp³-hybridized carbons (Fsp3) is 0.400. The predicted octanol–water partition coefficient (Wildman–Crippen LogP) is -0.859. The molecule has 1 aromatic rings. The summed E-state index contributed by atoms with van der Waals surface area (Å²) in [6.45, 7) is -0.842. The zero-order valence-corrected chi connectivity index (χ0v) is 13.4. The Morgan fingerprint density at radius 2 is 1.92 bits per heavy atom. The summed E-state index contributed by atoms with van der Waals surface area (Å²) in [5, 5.41) is 22.9. The number of aliphatic hydroxyl groups excluding tert-OH is 2. The minimum Gasteiger partial charge on any atom is -0.465 e. The molecular formula is C15H20N2O7. The first-order valence-electron chi connectivity index (χ1n) is 7.01. The van der Waals surface area contributed by atoms with Crippen molar-refractivity contribution in [3.05, 3.63) is 29.3 Å². The number of rotatable bonds is 8. The molecule has 24 heavy (non-hydrogen) atoms. The lowest BCUT2D eigenvalue weighted by Gasteiger charge is -2.13. The monoisotopic (exact) mass is 340 g/mol. The second-order valence-electron chi connectivity index (χ2n) is 4.78. The highest BCUT2D eigenvalue weighted by Crippen LogP contribution is 2.17. The molecule has 0 aliphatic heterocycles. The second-order valence-corrected chi connectivity index (χ2v) is 4.78. The quantitative estimate of drug-likeness (QED) is 0.452. The Hall–Kier alpha value is -2.49. The Morgan fingerprint density at radius 1 is 1.21 bits per heavy atom. The molecule has 1 rings (SSSR count). The van der Waals surface area contributed by atoms with Crippen LogP contribution in [-0.2, 0) is 14.3 Å². The number of aliphatic hydroxyl groups is 2. The van der Waals surface area contributed by atoms with E-state index in [1.165, 1.54) is 25.3 Å². The lowest BCUT2D eigenvalue weighted by Crippen LogP contribution is -2.34. The summed E-state index contributed by atoms with van der Waals surface area (Å²) in [4.78, 5) is 35.5. The molecule has 132 valence electrons. The van der Waals surface area contributed by atoms with Crippen molar-refractivity contribution >= 4 is 23.5 Å². The molecule has 9 heteroatoms.